The lowest BCUT2D eigenvalue weighted by Gasteiger charge is -2.53. The fourth-order valence-corrected chi connectivity index (χ4v) is 9.04. The zero-order valence-electron chi connectivity index (χ0n) is 28.8. The van der Waals surface area contributed by atoms with Gasteiger partial charge in [-0.15, -0.1) is 0 Å². The smallest absolute Gasteiger partial charge is 0.407 e. The summed E-state index contributed by atoms with van der Waals surface area (Å²) in [7, 11) is 0. The van der Waals surface area contributed by atoms with Crippen molar-refractivity contribution in [2.24, 2.45) is 23.7 Å². The topological polar surface area (TPSA) is 101 Å². The maximum Gasteiger partial charge on any atom is 0.407 e. The Morgan fingerprint density at radius 2 is 1.58 bits per heavy atom. The molecule has 4 aliphatic rings. The minimum Gasteiger partial charge on any atom is -0.466 e. The van der Waals surface area contributed by atoms with E-state index in [4.69, 9.17) is 9.47 Å². The van der Waals surface area contributed by atoms with Gasteiger partial charge in [0.25, 0.3) is 0 Å². The zero-order valence-corrected chi connectivity index (χ0v) is 28.8. The Hall–Kier alpha value is -3.81. The Balaban J connectivity index is 1.18. The van der Waals surface area contributed by atoms with Crippen molar-refractivity contribution >= 4 is 28.9 Å². The molecular weight excluding hydrogens is 602 g/mol. The van der Waals surface area contributed by atoms with E-state index < -0.39 is 5.54 Å². The molecule has 8 nitrogen and oxygen atoms in total. The van der Waals surface area contributed by atoms with Gasteiger partial charge in [-0.1, -0.05) is 55.0 Å². The standard InChI is InChI=1S/C40H53N3O5/c1-3-47-37(45)17-9-5-8-16-36(44)43(19-18-28-12-6-4-7-13-28)27-40(2,25-33-26-41-35-15-11-10-14-34(33)35)42-39(46)48-38-31-21-29-20-30(23-31)24-32(38)22-29/h4,6-7,10-15,26,29-32,38,41H,3,5,8-9,16-25,27H2,1-2H3,(H,42,46)/t29?,30?,31?,32?,38?,40-/m1/s1. The number of hydrogen-bond donors (Lipinski definition) is 2. The molecular formula is C40H53N3O5. The predicted molar refractivity (Wildman–Crippen MR) is 187 cm³/mol. The highest BCUT2D eigenvalue weighted by molar-refractivity contribution is 5.83. The molecule has 1 aromatic heterocycles. The van der Waals surface area contributed by atoms with Gasteiger partial charge in [-0.25, -0.2) is 4.79 Å². The molecule has 4 bridgehead atoms. The molecule has 0 spiro atoms. The lowest BCUT2D eigenvalue weighted by atomic mass is 9.55. The maximum absolute atomic E-state index is 13.9. The summed E-state index contributed by atoms with van der Waals surface area (Å²) in [5.74, 6) is 2.42. The number of ether oxygens (including phenoxy) is 2. The highest BCUT2D eigenvalue weighted by atomic mass is 16.6. The van der Waals surface area contributed by atoms with E-state index >= 15 is 0 Å². The second kappa shape index (κ2) is 15.6. The number of hydrogen-bond acceptors (Lipinski definition) is 5. The molecule has 0 unspecified atom stereocenters. The summed E-state index contributed by atoms with van der Waals surface area (Å²) in [6, 6.07) is 18.4. The van der Waals surface area contributed by atoms with E-state index in [1.165, 1.54) is 32.1 Å². The van der Waals surface area contributed by atoms with Crippen molar-refractivity contribution < 1.29 is 23.9 Å². The predicted octanol–water partition coefficient (Wildman–Crippen LogP) is 7.60. The van der Waals surface area contributed by atoms with Crippen molar-refractivity contribution in [1.82, 2.24) is 15.2 Å². The van der Waals surface area contributed by atoms with Gasteiger partial charge in [0.2, 0.25) is 5.91 Å². The number of aromatic nitrogens is 1. The Morgan fingerprint density at radius 3 is 2.31 bits per heavy atom. The van der Waals surface area contributed by atoms with Crippen LogP contribution in [0.25, 0.3) is 10.9 Å². The second-order valence-electron chi connectivity index (χ2n) is 14.9. The van der Waals surface area contributed by atoms with E-state index in [-0.39, 0.29) is 24.1 Å². The number of rotatable bonds is 16. The molecule has 1 heterocycles. The van der Waals surface area contributed by atoms with Crippen molar-refractivity contribution in [3.8, 4) is 0 Å². The minimum absolute atomic E-state index is 0.0134. The Bertz CT molecular complexity index is 1510. The van der Waals surface area contributed by atoms with Gasteiger partial charge in [0.1, 0.15) is 6.10 Å². The first-order chi connectivity index (χ1) is 23.3. The summed E-state index contributed by atoms with van der Waals surface area (Å²) in [6.45, 7) is 5.15. The van der Waals surface area contributed by atoms with Crippen LogP contribution < -0.4 is 5.32 Å². The van der Waals surface area contributed by atoms with Crippen LogP contribution in [0.2, 0.25) is 0 Å². The number of para-hydroxylation sites is 1. The molecule has 4 aliphatic carbocycles. The molecule has 2 N–H and O–H groups in total. The van der Waals surface area contributed by atoms with Gasteiger partial charge in [-0.2, -0.15) is 0 Å². The van der Waals surface area contributed by atoms with Gasteiger partial charge in [-0.3, -0.25) is 9.59 Å². The number of carbonyl (C=O) groups is 3. The number of unbranched alkanes of at least 4 members (excludes halogenated alkanes) is 2. The number of benzene rings is 2. The van der Waals surface area contributed by atoms with Crippen molar-refractivity contribution in [3.63, 3.8) is 0 Å². The summed E-state index contributed by atoms with van der Waals surface area (Å²) in [4.78, 5) is 44.8. The number of nitrogens with zero attached hydrogens (tertiary/aromatic N) is 1. The van der Waals surface area contributed by atoms with Gasteiger partial charge >= 0.3 is 12.1 Å². The number of carbonyl (C=O) groups excluding carboxylic acids is 3. The quantitative estimate of drug-likeness (QED) is 0.122. The molecule has 0 aliphatic heterocycles. The van der Waals surface area contributed by atoms with Crippen molar-refractivity contribution in [1.29, 1.82) is 0 Å². The van der Waals surface area contributed by atoms with Crippen LogP contribution in [0.15, 0.2) is 60.8 Å². The largest absolute Gasteiger partial charge is 0.466 e. The average molecular weight is 656 g/mol. The van der Waals surface area contributed by atoms with E-state index in [1.54, 1.807) is 0 Å². The monoisotopic (exact) mass is 655 g/mol. The molecule has 8 heteroatoms. The fourth-order valence-electron chi connectivity index (χ4n) is 9.04. The maximum atomic E-state index is 13.9. The molecule has 4 saturated carbocycles. The van der Waals surface area contributed by atoms with Crippen molar-refractivity contribution in [2.75, 3.05) is 19.7 Å². The highest BCUT2D eigenvalue weighted by Crippen LogP contribution is 2.54. The molecule has 0 radical (unpaired) electrons. The third-order valence-corrected chi connectivity index (χ3v) is 11.0. The molecule has 4 fully saturated rings. The number of H-pyrrole nitrogens is 1. The van der Waals surface area contributed by atoms with Gasteiger partial charge in [-0.05, 0) is 112 Å². The lowest BCUT2D eigenvalue weighted by Crippen LogP contribution is -2.58. The van der Waals surface area contributed by atoms with E-state index in [0.29, 0.717) is 63.6 Å². The number of aromatic amines is 1. The first-order valence-electron chi connectivity index (χ1n) is 18.3. The molecule has 1 atom stereocenters. The zero-order chi connectivity index (χ0) is 33.5. The Morgan fingerprint density at radius 1 is 0.896 bits per heavy atom. The normalized spacial score (nSPS) is 23.8. The summed E-state index contributed by atoms with van der Waals surface area (Å²) in [6.07, 6.45) is 11.9. The molecule has 3 aromatic rings. The van der Waals surface area contributed by atoms with Gasteiger partial charge < -0.3 is 24.7 Å². The highest BCUT2D eigenvalue weighted by Gasteiger charge is 2.50. The van der Waals surface area contributed by atoms with Crippen molar-refractivity contribution in [3.05, 3.63) is 71.9 Å². The van der Waals surface area contributed by atoms with E-state index in [2.05, 4.69) is 41.5 Å². The Kier molecular flexibility index (Phi) is 11.1. The molecule has 48 heavy (non-hydrogen) atoms. The van der Waals surface area contributed by atoms with Gasteiger partial charge in [0, 0.05) is 43.0 Å². The third-order valence-electron chi connectivity index (χ3n) is 11.0. The second-order valence-corrected chi connectivity index (χ2v) is 14.9. The van der Waals surface area contributed by atoms with Crippen LogP contribution in [0.5, 0.6) is 0 Å². The molecule has 2 amide bonds. The van der Waals surface area contributed by atoms with Crippen LogP contribution in [0.4, 0.5) is 4.79 Å². The third kappa shape index (κ3) is 8.61. The summed E-state index contributed by atoms with van der Waals surface area (Å²) in [5, 5.41) is 4.43. The number of nitrogens with one attached hydrogen (secondary N) is 2. The first kappa shape index (κ1) is 34.1. The van der Waals surface area contributed by atoms with Gasteiger partial charge in [0.15, 0.2) is 0 Å². The summed E-state index contributed by atoms with van der Waals surface area (Å²) >= 11 is 0. The number of esters is 1. The molecule has 258 valence electrons. The SMILES string of the molecule is CCOC(=O)CCCCCC(=O)N(CCc1ccccc1)C[C@@](C)(Cc1c[nH]c2ccccc12)NC(=O)OC1C2CC3CC(C2)CC1C3. The first-order valence-corrected chi connectivity index (χ1v) is 18.3. The van der Waals surface area contributed by atoms with Crippen LogP contribution in [0, 0.1) is 23.7 Å². The average Bonchev–Trinajstić information content (AvgIpc) is 3.46. The van der Waals surface area contributed by atoms with Crippen LogP contribution in [0.1, 0.15) is 89.2 Å². The summed E-state index contributed by atoms with van der Waals surface area (Å²) < 4.78 is 11.4. The van der Waals surface area contributed by atoms with E-state index in [1.807, 2.05) is 48.4 Å². The fraction of sp³-hybridized carbons (Fsp3) is 0.575. The molecule has 7 rings (SSSR count). The van der Waals surface area contributed by atoms with Gasteiger partial charge in [0.05, 0.1) is 12.1 Å². The van der Waals surface area contributed by atoms with Crippen molar-refractivity contribution in [2.45, 2.75) is 103 Å². The number of amides is 2. The molecule has 0 saturated heterocycles. The van der Waals surface area contributed by atoms with Crippen LogP contribution >= 0.6 is 0 Å². The Labute approximate surface area is 285 Å². The minimum atomic E-state index is -0.774. The number of alkyl carbamates (subject to hydrolysis) is 1. The van der Waals surface area contributed by atoms with E-state index in [9.17, 15) is 14.4 Å². The van der Waals surface area contributed by atoms with E-state index in [0.717, 1.165) is 46.7 Å². The lowest BCUT2D eigenvalue weighted by molar-refractivity contribution is -0.143. The van der Waals surface area contributed by atoms with Crippen LogP contribution in [0.3, 0.4) is 0 Å². The van der Waals surface area contributed by atoms with Crippen LogP contribution in [-0.4, -0.2) is 59.2 Å². The number of fused-ring (bicyclic) bond motifs is 1. The summed E-state index contributed by atoms with van der Waals surface area (Å²) in [5.41, 5.74) is 2.53. The molecule has 2 aromatic carbocycles. The van der Waals surface area contributed by atoms with Crippen LogP contribution in [-0.2, 0) is 31.9 Å².